The van der Waals surface area contributed by atoms with Crippen molar-refractivity contribution in [2.75, 3.05) is 18.4 Å². The highest BCUT2D eigenvalue weighted by Crippen LogP contribution is 2.30. The maximum Gasteiger partial charge on any atom is 0.228 e. The van der Waals surface area contributed by atoms with Crippen LogP contribution in [0.15, 0.2) is 72.8 Å². The average Bonchev–Trinajstić information content (AvgIpc) is 2.82. The Labute approximate surface area is 204 Å². The van der Waals surface area contributed by atoms with E-state index in [0.29, 0.717) is 40.7 Å². The molecule has 1 fully saturated rings. The number of nitrogens with zero attached hydrogens (tertiary/aromatic N) is 1. The third-order valence-corrected chi connectivity index (χ3v) is 8.15. The molecule has 3 aromatic carbocycles. The molecule has 5 nitrogen and oxygen atoms in total. The van der Waals surface area contributed by atoms with Crippen LogP contribution in [0.3, 0.4) is 0 Å². The van der Waals surface area contributed by atoms with Gasteiger partial charge in [-0.2, -0.15) is 0 Å². The van der Waals surface area contributed by atoms with Crippen LogP contribution in [0.5, 0.6) is 0 Å². The Morgan fingerprint density at radius 1 is 1.00 bits per heavy atom. The monoisotopic (exact) mass is 502 g/mol. The lowest BCUT2D eigenvalue weighted by atomic mass is 9.98. The molecule has 0 saturated carbocycles. The first-order chi connectivity index (χ1) is 15.8. The number of anilines is 1. The van der Waals surface area contributed by atoms with Gasteiger partial charge >= 0.3 is 0 Å². The van der Waals surface area contributed by atoms with Gasteiger partial charge in [0.2, 0.25) is 15.9 Å². The first-order valence-corrected chi connectivity index (χ1v) is 13.1. The highest BCUT2D eigenvalue weighted by atomic mass is 35.5. The Morgan fingerprint density at radius 2 is 1.73 bits per heavy atom. The van der Waals surface area contributed by atoms with Gasteiger partial charge in [0.05, 0.1) is 11.7 Å². The summed E-state index contributed by atoms with van der Waals surface area (Å²) in [7, 11) is -3.64. The van der Waals surface area contributed by atoms with Crippen molar-refractivity contribution in [3.8, 4) is 11.1 Å². The molecule has 1 atom stereocenters. The van der Waals surface area contributed by atoms with Crippen molar-refractivity contribution in [1.29, 1.82) is 0 Å². The summed E-state index contributed by atoms with van der Waals surface area (Å²) < 4.78 is 27.5. The van der Waals surface area contributed by atoms with Gasteiger partial charge in [0.1, 0.15) is 0 Å². The van der Waals surface area contributed by atoms with Crippen molar-refractivity contribution in [2.24, 2.45) is 5.92 Å². The second kappa shape index (κ2) is 10.3. The average molecular weight is 503 g/mol. The second-order valence-electron chi connectivity index (χ2n) is 8.09. The lowest BCUT2D eigenvalue weighted by Crippen LogP contribution is -2.44. The number of hydrogen-bond donors (Lipinski definition) is 1. The minimum Gasteiger partial charge on any atom is -0.325 e. The zero-order valence-corrected chi connectivity index (χ0v) is 20.2. The smallest absolute Gasteiger partial charge is 0.228 e. The summed E-state index contributed by atoms with van der Waals surface area (Å²) in [6.07, 6.45) is 1.25. The van der Waals surface area contributed by atoms with E-state index < -0.39 is 15.9 Å². The number of hydrogen-bond acceptors (Lipinski definition) is 3. The molecule has 0 bridgehead atoms. The van der Waals surface area contributed by atoms with E-state index in [-0.39, 0.29) is 18.2 Å². The van der Waals surface area contributed by atoms with Gasteiger partial charge in [0.25, 0.3) is 0 Å². The zero-order valence-electron chi connectivity index (χ0n) is 17.9. The molecule has 1 N–H and O–H groups in total. The van der Waals surface area contributed by atoms with Crippen molar-refractivity contribution >= 4 is 44.8 Å². The van der Waals surface area contributed by atoms with Gasteiger partial charge in [-0.05, 0) is 42.2 Å². The van der Waals surface area contributed by atoms with Gasteiger partial charge in [-0.25, -0.2) is 12.7 Å². The fourth-order valence-corrected chi connectivity index (χ4v) is 6.23. The first kappa shape index (κ1) is 23.8. The third-order valence-electron chi connectivity index (χ3n) is 5.77. The molecule has 1 aliphatic heterocycles. The number of nitrogens with one attached hydrogen (secondary N) is 1. The predicted molar refractivity (Wildman–Crippen MR) is 134 cm³/mol. The molecule has 3 aromatic rings. The summed E-state index contributed by atoms with van der Waals surface area (Å²) in [4.78, 5) is 13.1. The molecule has 0 unspecified atom stereocenters. The lowest BCUT2D eigenvalue weighted by Gasteiger charge is -2.31. The minimum atomic E-state index is -3.64. The van der Waals surface area contributed by atoms with Crippen molar-refractivity contribution in [3.63, 3.8) is 0 Å². The van der Waals surface area contributed by atoms with E-state index in [4.69, 9.17) is 23.2 Å². The fourth-order valence-electron chi connectivity index (χ4n) is 4.03. The molecule has 0 aliphatic carbocycles. The molecule has 8 heteroatoms. The summed E-state index contributed by atoms with van der Waals surface area (Å²) in [6.45, 7) is 0.533. The van der Waals surface area contributed by atoms with Crippen LogP contribution in [0.4, 0.5) is 5.69 Å². The van der Waals surface area contributed by atoms with E-state index in [1.807, 2.05) is 54.6 Å². The molecule has 0 spiro atoms. The molecule has 33 heavy (non-hydrogen) atoms. The van der Waals surface area contributed by atoms with Crippen molar-refractivity contribution in [3.05, 3.63) is 88.4 Å². The molecule has 172 valence electrons. The maximum absolute atomic E-state index is 13.1. The third kappa shape index (κ3) is 5.76. The molecular weight excluding hydrogens is 479 g/mol. The van der Waals surface area contributed by atoms with Gasteiger partial charge in [0.15, 0.2) is 0 Å². The van der Waals surface area contributed by atoms with Gasteiger partial charge < -0.3 is 5.32 Å². The summed E-state index contributed by atoms with van der Waals surface area (Å²) in [6, 6.07) is 22.2. The quantitative estimate of drug-likeness (QED) is 0.460. The molecule has 1 aliphatic rings. The van der Waals surface area contributed by atoms with E-state index in [2.05, 4.69) is 5.32 Å². The van der Waals surface area contributed by atoms with Crippen LogP contribution in [-0.2, 0) is 20.6 Å². The van der Waals surface area contributed by atoms with E-state index in [9.17, 15) is 13.2 Å². The Bertz CT molecular complexity index is 1250. The van der Waals surface area contributed by atoms with E-state index in [0.717, 1.165) is 11.1 Å². The number of benzene rings is 3. The molecule has 0 aromatic heterocycles. The number of rotatable bonds is 6. The minimum absolute atomic E-state index is 0.146. The molecule has 4 rings (SSSR count). The largest absolute Gasteiger partial charge is 0.325 e. The lowest BCUT2D eigenvalue weighted by molar-refractivity contribution is -0.120. The van der Waals surface area contributed by atoms with Crippen molar-refractivity contribution in [2.45, 2.75) is 18.6 Å². The van der Waals surface area contributed by atoms with Gasteiger partial charge in [-0.3, -0.25) is 4.79 Å². The highest BCUT2D eigenvalue weighted by Gasteiger charge is 2.33. The summed E-state index contributed by atoms with van der Waals surface area (Å²) in [5.41, 5.74) is 3.12. The second-order valence-corrected chi connectivity index (χ2v) is 10.9. The van der Waals surface area contributed by atoms with Crippen LogP contribution in [0, 0.1) is 5.92 Å². The van der Waals surface area contributed by atoms with Crippen molar-refractivity contribution < 1.29 is 13.2 Å². The Kier molecular flexibility index (Phi) is 7.39. The SMILES string of the molecule is O=C(Nc1ccccc1-c1ccccc1)[C@@H]1CCCN(S(=O)(=O)Cc2ccc(Cl)cc2Cl)C1. The van der Waals surface area contributed by atoms with Crippen LogP contribution in [0.2, 0.25) is 10.0 Å². The van der Waals surface area contributed by atoms with E-state index in [1.165, 1.54) is 10.4 Å². The van der Waals surface area contributed by atoms with Crippen LogP contribution in [0.1, 0.15) is 18.4 Å². The number of sulfonamides is 1. The molecular formula is C25H24Cl2N2O3S. The summed E-state index contributed by atoms with van der Waals surface area (Å²) in [5.74, 6) is -0.838. The van der Waals surface area contributed by atoms with Crippen molar-refractivity contribution in [1.82, 2.24) is 4.31 Å². The van der Waals surface area contributed by atoms with Crippen LogP contribution < -0.4 is 5.32 Å². The molecule has 1 amide bonds. The van der Waals surface area contributed by atoms with Crippen LogP contribution >= 0.6 is 23.2 Å². The summed E-state index contributed by atoms with van der Waals surface area (Å²) >= 11 is 12.1. The van der Waals surface area contributed by atoms with Gasteiger partial charge in [-0.15, -0.1) is 0 Å². The molecule has 1 heterocycles. The van der Waals surface area contributed by atoms with E-state index in [1.54, 1.807) is 12.1 Å². The van der Waals surface area contributed by atoms with Gasteiger partial charge in [0, 0.05) is 34.4 Å². The van der Waals surface area contributed by atoms with Crippen LogP contribution in [0.25, 0.3) is 11.1 Å². The number of para-hydroxylation sites is 1. The number of halogens is 2. The Balaban J connectivity index is 1.47. The molecule has 1 saturated heterocycles. The Hall–Kier alpha value is -2.38. The van der Waals surface area contributed by atoms with Gasteiger partial charge in [-0.1, -0.05) is 77.8 Å². The standard InChI is InChI=1S/C25H24Cl2N2O3S/c26-21-13-12-20(23(27)15-21)17-33(31,32)29-14-6-9-19(16-29)25(30)28-24-11-5-4-10-22(24)18-7-2-1-3-8-18/h1-5,7-8,10-13,15,19H,6,9,14,16-17H2,(H,28,30)/t19-/m1/s1. The number of amides is 1. The topological polar surface area (TPSA) is 66.5 Å². The Morgan fingerprint density at radius 3 is 2.48 bits per heavy atom. The van der Waals surface area contributed by atoms with Crippen LogP contribution in [-0.4, -0.2) is 31.7 Å². The number of carbonyl (C=O) groups excluding carboxylic acids is 1. The van der Waals surface area contributed by atoms with E-state index >= 15 is 0 Å². The number of piperidine rings is 1. The zero-order chi connectivity index (χ0) is 23.4. The maximum atomic E-state index is 13.1. The predicted octanol–water partition coefficient (Wildman–Crippen LogP) is 5.84. The first-order valence-electron chi connectivity index (χ1n) is 10.7. The normalized spacial score (nSPS) is 17.0. The molecule has 0 radical (unpaired) electrons. The number of carbonyl (C=O) groups is 1. The fraction of sp³-hybridized carbons (Fsp3) is 0.240. The highest BCUT2D eigenvalue weighted by molar-refractivity contribution is 7.88. The summed E-state index contributed by atoms with van der Waals surface area (Å²) in [5, 5.41) is 3.78.